The summed E-state index contributed by atoms with van der Waals surface area (Å²) in [6.45, 7) is 3.14. The highest BCUT2D eigenvalue weighted by atomic mass is 16.4. The van der Waals surface area contributed by atoms with Crippen LogP contribution in [0.3, 0.4) is 0 Å². The Kier molecular flexibility index (Phi) is 3.38. The Morgan fingerprint density at radius 2 is 2.20 bits per heavy atom. The summed E-state index contributed by atoms with van der Waals surface area (Å²) >= 11 is 0. The van der Waals surface area contributed by atoms with E-state index in [9.17, 15) is 9.59 Å². The Labute approximate surface area is 87.1 Å². The quantitative estimate of drug-likeness (QED) is 0.762. The smallest absolute Gasteiger partial charge is 0.325 e. The maximum Gasteiger partial charge on any atom is 0.325 e. The molecule has 1 amide bonds. The Balaban J connectivity index is 2.78. The molecule has 0 saturated heterocycles. The number of hydrogen-bond donors (Lipinski definition) is 2. The highest BCUT2D eigenvalue weighted by Gasteiger charge is 2.16. The number of aryl methyl sites for hydroxylation is 1. The Morgan fingerprint density at radius 3 is 2.73 bits per heavy atom. The van der Waals surface area contributed by atoms with E-state index < -0.39 is 17.9 Å². The lowest BCUT2D eigenvalue weighted by atomic mass is 10.2. The zero-order valence-corrected chi connectivity index (χ0v) is 8.52. The van der Waals surface area contributed by atoms with Crippen LogP contribution in [-0.2, 0) is 4.79 Å². The number of amides is 1. The van der Waals surface area contributed by atoms with Crippen molar-refractivity contribution in [1.29, 1.82) is 0 Å². The van der Waals surface area contributed by atoms with E-state index in [1.807, 2.05) is 0 Å². The molecule has 0 saturated carbocycles. The molecule has 0 aliphatic rings. The minimum Gasteiger partial charge on any atom is -0.480 e. The normalized spacial score (nSPS) is 11.9. The van der Waals surface area contributed by atoms with Crippen molar-refractivity contribution in [3.8, 4) is 0 Å². The van der Waals surface area contributed by atoms with E-state index >= 15 is 0 Å². The molecule has 0 bridgehead atoms. The van der Waals surface area contributed by atoms with Gasteiger partial charge < -0.3 is 10.4 Å². The third-order valence-corrected chi connectivity index (χ3v) is 1.94. The van der Waals surface area contributed by atoms with E-state index in [1.54, 1.807) is 19.1 Å². The molecule has 80 valence electrons. The fourth-order valence-electron chi connectivity index (χ4n) is 1.05. The average molecular weight is 208 g/mol. The summed E-state index contributed by atoms with van der Waals surface area (Å²) in [6, 6.07) is 2.54. The molecule has 0 aromatic carbocycles. The monoisotopic (exact) mass is 208 g/mol. The molecule has 0 aliphatic carbocycles. The van der Waals surface area contributed by atoms with Gasteiger partial charge in [0.1, 0.15) is 11.7 Å². The average Bonchev–Trinajstić information content (AvgIpc) is 2.18. The van der Waals surface area contributed by atoms with E-state index in [0.29, 0.717) is 5.56 Å². The molecule has 1 rings (SSSR count). The van der Waals surface area contributed by atoms with Gasteiger partial charge in [-0.3, -0.25) is 14.6 Å². The number of carbonyl (C=O) groups excluding carboxylic acids is 1. The number of nitrogens with one attached hydrogen (secondary N) is 1. The van der Waals surface area contributed by atoms with Crippen LogP contribution in [0.15, 0.2) is 18.3 Å². The van der Waals surface area contributed by atoms with E-state index in [1.165, 1.54) is 13.1 Å². The molecular formula is C10H12N2O3. The summed E-state index contributed by atoms with van der Waals surface area (Å²) in [7, 11) is 0. The molecule has 1 heterocycles. The van der Waals surface area contributed by atoms with Gasteiger partial charge in [-0.05, 0) is 25.5 Å². The van der Waals surface area contributed by atoms with Crippen molar-refractivity contribution in [2.45, 2.75) is 19.9 Å². The Hall–Kier alpha value is -1.91. The lowest BCUT2D eigenvalue weighted by Gasteiger charge is -2.09. The maximum atomic E-state index is 11.5. The molecule has 1 atom stereocenters. The second-order valence-corrected chi connectivity index (χ2v) is 3.20. The van der Waals surface area contributed by atoms with Crippen LogP contribution in [-0.4, -0.2) is 28.0 Å². The van der Waals surface area contributed by atoms with Crippen LogP contribution in [0.1, 0.15) is 23.0 Å². The van der Waals surface area contributed by atoms with Gasteiger partial charge in [-0.15, -0.1) is 0 Å². The summed E-state index contributed by atoms with van der Waals surface area (Å²) in [6.07, 6.45) is 1.49. The van der Waals surface area contributed by atoms with Gasteiger partial charge in [-0.2, -0.15) is 0 Å². The van der Waals surface area contributed by atoms with E-state index in [-0.39, 0.29) is 5.69 Å². The standard InChI is InChI=1S/C10H12N2O3/c1-6-4-3-5-11-8(6)9(13)12-7(2)10(14)15/h3-5,7H,1-2H3,(H,12,13)(H,14,15). The predicted molar refractivity (Wildman–Crippen MR) is 53.5 cm³/mol. The first-order valence-electron chi connectivity index (χ1n) is 4.47. The minimum absolute atomic E-state index is 0.255. The lowest BCUT2D eigenvalue weighted by Crippen LogP contribution is -2.38. The molecule has 5 nitrogen and oxygen atoms in total. The van der Waals surface area contributed by atoms with Crippen LogP contribution >= 0.6 is 0 Å². The number of pyridine rings is 1. The number of aromatic nitrogens is 1. The molecule has 0 spiro atoms. The van der Waals surface area contributed by atoms with E-state index in [2.05, 4.69) is 10.3 Å². The summed E-state index contributed by atoms with van der Waals surface area (Å²) in [5.74, 6) is -1.54. The summed E-state index contributed by atoms with van der Waals surface area (Å²) in [5, 5.41) is 10.9. The zero-order valence-electron chi connectivity index (χ0n) is 8.52. The topological polar surface area (TPSA) is 79.3 Å². The van der Waals surface area contributed by atoms with Gasteiger partial charge in [0.2, 0.25) is 0 Å². The first kappa shape index (κ1) is 11.2. The molecular weight excluding hydrogens is 196 g/mol. The molecule has 1 unspecified atom stereocenters. The fourth-order valence-corrected chi connectivity index (χ4v) is 1.05. The van der Waals surface area contributed by atoms with E-state index in [0.717, 1.165) is 0 Å². The first-order valence-corrected chi connectivity index (χ1v) is 4.47. The molecule has 0 fully saturated rings. The number of nitrogens with zero attached hydrogens (tertiary/aromatic N) is 1. The van der Waals surface area contributed by atoms with Crippen LogP contribution in [0, 0.1) is 6.92 Å². The molecule has 1 aromatic rings. The second kappa shape index (κ2) is 4.54. The van der Waals surface area contributed by atoms with Crippen LogP contribution in [0.5, 0.6) is 0 Å². The largest absolute Gasteiger partial charge is 0.480 e. The van der Waals surface area contributed by atoms with E-state index in [4.69, 9.17) is 5.11 Å². The lowest BCUT2D eigenvalue weighted by molar-refractivity contribution is -0.138. The van der Waals surface area contributed by atoms with Crippen molar-refractivity contribution in [3.63, 3.8) is 0 Å². The molecule has 0 radical (unpaired) electrons. The number of carbonyl (C=O) groups is 2. The molecule has 5 heteroatoms. The number of aliphatic carboxylic acids is 1. The van der Waals surface area contributed by atoms with Crippen molar-refractivity contribution in [2.24, 2.45) is 0 Å². The molecule has 0 aliphatic heterocycles. The highest BCUT2D eigenvalue weighted by Crippen LogP contribution is 2.02. The molecule has 15 heavy (non-hydrogen) atoms. The minimum atomic E-state index is -1.07. The van der Waals surface area contributed by atoms with Crippen LogP contribution < -0.4 is 5.32 Å². The van der Waals surface area contributed by atoms with Gasteiger partial charge in [0.15, 0.2) is 0 Å². The Bertz CT molecular complexity index is 390. The summed E-state index contributed by atoms with van der Waals surface area (Å²) < 4.78 is 0. The second-order valence-electron chi connectivity index (χ2n) is 3.20. The van der Waals surface area contributed by atoms with Gasteiger partial charge in [0, 0.05) is 6.20 Å². The Morgan fingerprint density at radius 1 is 1.53 bits per heavy atom. The van der Waals surface area contributed by atoms with Crippen molar-refractivity contribution in [1.82, 2.24) is 10.3 Å². The SMILES string of the molecule is Cc1cccnc1C(=O)NC(C)C(=O)O. The molecule has 1 aromatic heterocycles. The number of carboxylic acids is 1. The third kappa shape index (κ3) is 2.77. The van der Waals surface area contributed by atoms with Crippen molar-refractivity contribution >= 4 is 11.9 Å². The van der Waals surface area contributed by atoms with Gasteiger partial charge in [-0.25, -0.2) is 0 Å². The van der Waals surface area contributed by atoms with Crippen molar-refractivity contribution in [3.05, 3.63) is 29.6 Å². The van der Waals surface area contributed by atoms with Crippen LogP contribution in [0.25, 0.3) is 0 Å². The van der Waals surface area contributed by atoms with Crippen molar-refractivity contribution in [2.75, 3.05) is 0 Å². The van der Waals surface area contributed by atoms with Gasteiger partial charge in [-0.1, -0.05) is 6.07 Å². The van der Waals surface area contributed by atoms with Gasteiger partial charge >= 0.3 is 5.97 Å². The first-order chi connectivity index (χ1) is 7.02. The highest BCUT2D eigenvalue weighted by molar-refractivity contribution is 5.95. The fraction of sp³-hybridized carbons (Fsp3) is 0.300. The maximum absolute atomic E-state index is 11.5. The summed E-state index contributed by atoms with van der Waals surface area (Å²) in [5.41, 5.74) is 0.971. The van der Waals surface area contributed by atoms with Crippen LogP contribution in [0.2, 0.25) is 0 Å². The number of rotatable bonds is 3. The number of carboxylic acid groups (broad SMARTS) is 1. The van der Waals surface area contributed by atoms with Gasteiger partial charge in [0.25, 0.3) is 5.91 Å². The number of hydrogen-bond acceptors (Lipinski definition) is 3. The van der Waals surface area contributed by atoms with Crippen molar-refractivity contribution < 1.29 is 14.7 Å². The third-order valence-electron chi connectivity index (χ3n) is 1.94. The summed E-state index contributed by atoms with van der Waals surface area (Å²) in [4.78, 5) is 25.9. The molecule has 2 N–H and O–H groups in total. The zero-order chi connectivity index (χ0) is 11.4. The van der Waals surface area contributed by atoms with Gasteiger partial charge in [0.05, 0.1) is 0 Å². The van der Waals surface area contributed by atoms with Crippen LogP contribution in [0.4, 0.5) is 0 Å². The predicted octanol–water partition coefficient (Wildman–Crippen LogP) is 0.593.